The average molecular weight is 419 g/mol. The third kappa shape index (κ3) is 6.63. The molecule has 2 atom stereocenters. The summed E-state index contributed by atoms with van der Waals surface area (Å²) >= 11 is 5.90. The number of carbonyl (C=O) groups excluding carboxylic acids is 1. The number of ether oxygens (including phenoxy) is 2. The molecule has 1 heterocycles. The molecule has 2 aromatic rings. The highest BCUT2D eigenvalue weighted by Gasteiger charge is 2.23. The summed E-state index contributed by atoms with van der Waals surface area (Å²) in [6.07, 6.45) is 1.50. The van der Waals surface area contributed by atoms with Gasteiger partial charge < -0.3 is 25.2 Å². The smallest absolute Gasteiger partial charge is 0.252 e. The molecule has 1 amide bonds. The van der Waals surface area contributed by atoms with Gasteiger partial charge in [0.2, 0.25) is 0 Å². The van der Waals surface area contributed by atoms with Gasteiger partial charge in [-0.1, -0.05) is 23.7 Å². The van der Waals surface area contributed by atoms with Crippen LogP contribution in [0.4, 0.5) is 0 Å². The van der Waals surface area contributed by atoms with Gasteiger partial charge in [0.05, 0.1) is 12.2 Å². The number of hydrogen-bond acceptors (Lipinski definition) is 5. The van der Waals surface area contributed by atoms with E-state index in [0.717, 1.165) is 31.7 Å². The molecule has 1 saturated heterocycles. The van der Waals surface area contributed by atoms with Crippen LogP contribution in [0.15, 0.2) is 48.5 Å². The topological polar surface area (TPSA) is 85.0 Å². The number of piperidine rings is 1. The predicted octanol–water partition coefficient (Wildman–Crippen LogP) is 2.97. The molecule has 0 bridgehead atoms. The summed E-state index contributed by atoms with van der Waals surface area (Å²) in [5.74, 6) is 1.07. The lowest BCUT2D eigenvalue weighted by molar-refractivity contribution is 0.0448. The third-order valence-corrected chi connectivity index (χ3v) is 5.21. The van der Waals surface area contributed by atoms with Crippen molar-refractivity contribution in [3.05, 3.63) is 59.1 Å². The maximum absolute atomic E-state index is 11.5. The van der Waals surface area contributed by atoms with E-state index >= 15 is 0 Å². The zero-order chi connectivity index (χ0) is 20.6. The number of carbonyl (C=O) groups is 1. The van der Waals surface area contributed by atoms with Crippen molar-refractivity contribution in [2.24, 2.45) is 11.7 Å². The van der Waals surface area contributed by atoms with Crippen LogP contribution in [0.2, 0.25) is 5.02 Å². The van der Waals surface area contributed by atoms with Crippen molar-refractivity contribution in [2.75, 3.05) is 32.8 Å². The second-order valence-corrected chi connectivity index (χ2v) is 7.79. The third-order valence-electron chi connectivity index (χ3n) is 4.96. The number of aliphatic hydroxyl groups excluding tert-OH is 1. The Bertz CT molecular complexity index is 800. The van der Waals surface area contributed by atoms with E-state index in [9.17, 15) is 9.90 Å². The quantitative estimate of drug-likeness (QED) is 0.654. The van der Waals surface area contributed by atoms with E-state index in [1.807, 2.05) is 24.3 Å². The largest absolute Gasteiger partial charge is 0.493 e. The van der Waals surface area contributed by atoms with Gasteiger partial charge in [0, 0.05) is 24.0 Å². The molecule has 2 aromatic carbocycles. The molecule has 1 aliphatic rings. The van der Waals surface area contributed by atoms with Crippen LogP contribution in [-0.4, -0.2) is 54.9 Å². The van der Waals surface area contributed by atoms with Crippen molar-refractivity contribution < 1.29 is 19.4 Å². The maximum Gasteiger partial charge on any atom is 0.252 e. The van der Waals surface area contributed by atoms with Gasteiger partial charge in [-0.3, -0.25) is 4.79 Å². The number of halogens is 1. The Labute approximate surface area is 176 Å². The van der Waals surface area contributed by atoms with Crippen LogP contribution in [0.5, 0.6) is 11.5 Å². The van der Waals surface area contributed by atoms with E-state index in [0.29, 0.717) is 35.4 Å². The number of likely N-dealkylation sites (tertiary alicyclic amines) is 1. The highest BCUT2D eigenvalue weighted by Crippen LogP contribution is 2.21. The van der Waals surface area contributed by atoms with E-state index in [1.54, 1.807) is 24.3 Å². The van der Waals surface area contributed by atoms with Gasteiger partial charge in [-0.05, 0) is 55.8 Å². The minimum absolute atomic E-state index is 0.104. The van der Waals surface area contributed by atoms with Gasteiger partial charge >= 0.3 is 0 Å². The van der Waals surface area contributed by atoms with Gasteiger partial charge in [-0.25, -0.2) is 0 Å². The Morgan fingerprint density at radius 2 is 1.97 bits per heavy atom. The SMILES string of the molecule is NC(=O)c1ccccc1OCC(O)CN1CCCC(COc2ccc(Cl)cc2)C1. The fourth-order valence-electron chi connectivity index (χ4n) is 3.53. The van der Waals surface area contributed by atoms with Crippen molar-refractivity contribution in [1.29, 1.82) is 0 Å². The van der Waals surface area contributed by atoms with E-state index in [-0.39, 0.29) is 6.61 Å². The molecule has 1 fully saturated rings. The number of para-hydroxylation sites is 1. The summed E-state index contributed by atoms with van der Waals surface area (Å²) in [5, 5.41) is 11.1. The molecule has 29 heavy (non-hydrogen) atoms. The molecule has 3 rings (SSSR count). The molecule has 0 aliphatic carbocycles. The molecule has 156 valence electrons. The van der Waals surface area contributed by atoms with Crippen LogP contribution in [0.1, 0.15) is 23.2 Å². The zero-order valence-corrected chi connectivity index (χ0v) is 17.1. The average Bonchev–Trinajstić information content (AvgIpc) is 2.72. The summed E-state index contributed by atoms with van der Waals surface area (Å²) in [7, 11) is 0. The lowest BCUT2D eigenvalue weighted by Gasteiger charge is -2.33. The number of amides is 1. The van der Waals surface area contributed by atoms with E-state index < -0.39 is 12.0 Å². The summed E-state index contributed by atoms with van der Waals surface area (Å²) in [4.78, 5) is 13.7. The lowest BCUT2D eigenvalue weighted by Crippen LogP contribution is -2.43. The molecule has 2 unspecified atom stereocenters. The Balaban J connectivity index is 1.43. The molecule has 1 aliphatic heterocycles. The Hall–Kier alpha value is -2.28. The highest BCUT2D eigenvalue weighted by atomic mass is 35.5. The fourth-order valence-corrected chi connectivity index (χ4v) is 3.66. The minimum atomic E-state index is -0.660. The second-order valence-electron chi connectivity index (χ2n) is 7.36. The van der Waals surface area contributed by atoms with Gasteiger partial charge in [0.25, 0.3) is 5.91 Å². The summed E-state index contributed by atoms with van der Waals surface area (Å²) < 4.78 is 11.5. The molecule has 0 aromatic heterocycles. The molecule has 3 N–H and O–H groups in total. The first-order chi connectivity index (χ1) is 14.0. The summed E-state index contributed by atoms with van der Waals surface area (Å²) in [6.45, 7) is 3.05. The van der Waals surface area contributed by atoms with Crippen molar-refractivity contribution in [1.82, 2.24) is 4.90 Å². The Morgan fingerprint density at radius 1 is 1.21 bits per heavy atom. The monoisotopic (exact) mass is 418 g/mol. The van der Waals surface area contributed by atoms with Crippen molar-refractivity contribution in [2.45, 2.75) is 18.9 Å². The minimum Gasteiger partial charge on any atom is -0.493 e. The van der Waals surface area contributed by atoms with Crippen LogP contribution in [0, 0.1) is 5.92 Å². The Morgan fingerprint density at radius 3 is 2.72 bits per heavy atom. The van der Waals surface area contributed by atoms with Crippen LogP contribution in [-0.2, 0) is 0 Å². The van der Waals surface area contributed by atoms with Crippen molar-refractivity contribution in [3.63, 3.8) is 0 Å². The number of nitrogens with zero attached hydrogens (tertiary/aromatic N) is 1. The molecule has 7 heteroatoms. The molecule has 6 nitrogen and oxygen atoms in total. The summed E-state index contributed by atoms with van der Waals surface area (Å²) in [6, 6.07) is 14.2. The van der Waals surface area contributed by atoms with Crippen molar-refractivity contribution >= 4 is 17.5 Å². The van der Waals surface area contributed by atoms with E-state index in [2.05, 4.69) is 4.90 Å². The number of hydrogen-bond donors (Lipinski definition) is 2. The van der Waals surface area contributed by atoms with Gasteiger partial charge in [-0.15, -0.1) is 0 Å². The lowest BCUT2D eigenvalue weighted by atomic mass is 9.98. The van der Waals surface area contributed by atoms with Gasteiger partial charge in [0.15, 0.2) is 0 Å². The number of primary amides is 1. The first kappa shape index (κ1) is 21.4. The molecule has 0 saturated carbocycles. The standard InChI is InChI=1S/C22H27ClN2O4/c23-17-7-9-19(10-8-17)28-14-16-4-3-11-25(12-16)13-18(26)15-29-21-6-2-1-5-20(21)22(24)27/h1-2,5-10,16,18,26H,3-4,11-15H2,(H2,24,27). The predicted molar refractivity (Wildman–Crippen MR) is 113 cm³/mol. The zero-order valence-electron chi connectivity index (χ0n) is 16.3. The van der Waals surface area contributed by atoms with Crippen LogP contribution < -0.4 is 15.2 Å². The first-order valence-electron chi connectivity index (χ1n) is 9.81. The van der Waals surface area contributed by atoms with Crippen LogP contribution >= 0.6 is 11.6 Å². The number of benzene rings is 2. The highest BCUT2D eigenvalue weighted by molar-refractivity contribution is 6.30. The molecular weight excluding hydrogens is 392 g/mol. The van der Waals surface area contributed by atoms with E-state index in [1.165, 1.54) is 0 Å². The van der Waals surface area contributed by atoms with Crippen molar-refractivity contribution in [3.8, 4) is 11.5 Å². The summed E-state index contributed by atoms with van der Waals surface area (Å²) in [5.41, 5.74) is 5.67. The fraction of sp³-hybridized carbons (Fsp3) is 0.409. The van der Waals surface area contributed by atoms with Gasteiger partial charge in [-0.2, -0.15) is 0 Å². The molecular formula is C22H27ClN2O4. The van der Waals surface area contributed by atoms with Crippen LogP contribution in [0.25, 0.3) is 0 Å². The maximum atomic E-state index is 11.5. The molecule has 0 spiro atoms. The number of rotatable bonds is 9. The normalized spacial score (nSPS) is 18.2. The van der Waals surface area contributed by atoms with Gasteiger partial charge in [0.1, 0.15) is 24.2 Å². The first-order valence-corrected chi connectivity index (χ1v) is 10.2. The Kier molecular flexibility index (Phi) is 7.75. The number of aliphatic hydroxyl groups is 1. The van der Waals surface area contributed by atoms with Crippen LogP contribution in [0.3, 0.4) is 0 Å². The molecule has 0 radical (unpaired) electrons. The second kappa shape index (κ2) is 10.5. The van der Waals surface area contributed by atoms with E-state index in [4.69, 9.17) is 26.8 Å². The number of β-amino-alcohol motifs (C(OH)–C–C–N with tert-alkyl or cyclic N) is 1. The number of nitrogens with two attached hydrogens (primary N) is 1.